The van der Waals surface area contributed by atoms with Gasteiger partial charge in [0.1, 0.15) is 5.75 Å². The predicted molar refractivity (Wildman–Crippen MR) is 77.9 cm³/mol. The van der Waals surface area contributed by atoms with Gasteiger partial charge in [-0.1, -0.05) is 6.07 Å². The molecule has 1 aromatic rings. The molecule has 1 aliphatic heterocycles. The Morgan fingerprint density at radius 3 is 2.95 bits per heavy atom. The summed E-state index contributed by atoms with van der Waals surface area (Å²) in [5, 5.41) is 12.8. The monoisotopic (exact) mass is 264 g/mol. The predicted octanol–water partition coefficient (Wildman–Crippen LogP) is 1.63. The van der Waals surface area contributed by atoms with Crippen LogP contribution in [0.25, 0.3) is 0 Å². The number of methoxy groups -OCH3 is 1. The molecule has 0 bridgehead atoms. The summed E-state index contributed by atoms with van der Waals surface area (Å²) < 4.78 is 5.30. The molecule has 0 saturated carbocycles. The van der Waals surface area contributed by atoms with Gasteiger partial charge in [0, 0.05) is 43.0 Å². The zero-order valence-electron chi connectivity index (χ0n) is 12.0. The molecule has 1 fully saturated rings. The van der Waals surface area contributed by atoms with Crippen LogP contribution in [0.5, 0.6) is 5.75 Å². The quantitative estimate of drug-likeness (QED) is 0.867. The SMILES string of the molecule is COc1cccc(N2CC(C)(C)NCC2CCO)c1. The minimum absolute atomic E-state index is 0.0784. The molecular weight excluding hydrogens is 240 g/mol. The lowest BCUT2D eigenvalue weighted by molar-refractivity contribution is 0.241. The first-order valence-electron chi connectivity index (χ1n) is 6.82. The summed E-state index contributed by atoms with van der Waals surface area (Å²) in [7, 11) is 1.69. The second kappa shape index (κ2) is 5.80. The van der Waals surface area contributed by atoms with Gasteiger partial charge >= 0.3 is 0 Å². The van der Waals surface area contributed by atoms with E-state index in [1.54, 1.807) is 7.11 Å². The van der Waals surface area contributed by atoms with E-state index in [1.807, 2.05) is 12.1 Å². The average molecular weight is 264 g/mol. The smallest absolute Gasteiger partial charge is 0.120 e. The molecule has 0 amide bonds. The standard InChI is InChI=1S/C15H24N2O2/c1-15(2)11-17(13(7-8-18)10-16-15)12-5-4-6-14(9-12)19-3/h4-6,9,13,16,18H,7-8,10-11H2,1-3H3. The van der Waals surface area contributed by atoms with Crippen LogP contribution in [-0.4, -0.2) is 43.5 Å². The molecule has 19 heavy (non-hydrogen) atoms. The molecule has 0 spiro atoms. The highest BCUT2D eigenvalue weighted by atomic mass is 16.5. The van der Waals surface area contributed by atoms with E-state index in [1.165, 1.54) is 0 Å². The fourth-order valence-electron chi connectivity index (χ4n) is 2.61. The van der Waals surface area contributed by atoms with Gasteiger partial charge in [0.05, 0.1) is 7.11 Å². The van der Waals surface area contributed by atoms with Gasteiger partial charge in [0.2, 0.25) is 0 Å². The van der Waals surface area contributed by atoms with E-state index >= 15 is 0 Å². The highest BCUT2D eigenvalue weighted by Crippen LogP contribution is 2.27. The second-order valence-corrected chi connectivity index (χ2v) is 5.76. The van der Waals surface area contributed by atoms with E-state index < -0.39 is 0 Å². The van der Waals surface area contributed by atoms with Gasteiger partial charge in [0.15, 0.2) is 0 Å². The van der Waals surface area contributed by atoms with Crippen molar-refractivity contribution in [2.45, 2.75) is 31.8 Å². The molecule has 1 atom stereocenters. The van der Waals surface area contributed by atoms with Crippen molar-refractivity contribution in [2.75, 3.05) is 31.7 Å². The Kier molecular flexibility index (Phi) is 4.32. The van der Waals surface area contributed by atoms with Crippen LogP contribution in [0.2, 0.25) is 0 Å². The first kappa shape index (κ1) is 14.2. The number of aliphatic hydroxyl groups excluding tert-OH is 1. The normalized spacial score (nSPS) is 22.3. The van der Waals surface area contributed by atoms with Crippen molar-refractivity contribution >= 4 is 5.69 Å². The number of aliphatic hydroxyl groups is 1. The summed E-state index contributed by atoms with van der Waals surface area (Å²) >= 11 is 0. The van der Waals surface area contributed by atoms with Crippen LogP contribution in [0.4, 0.5) is 5.69 Å². The van der Waals surface area contributed by atoms with Crippen LogP contribution >= 0.6 is 0 Å². The Bertz CT molecular complexity index is 420. The number of nitrogens with zero attached hydrogens (tertiary/aromatic N) is 1. The maximum absolute atomic E-state index is 9.23. The van der Waals surface area contributed by atoms with Gasteiger partial charge in [-0.15, -0.1) is 0 Å². The number of ether oxygens (including phenoxy) is 1. The van der Waals surface area contributed by atoms with E-state index in [9.17, 15) is 5.11 Å². The minimum Gasteiger partial charge on any atom is -0.497 e. The van der Waals surface area contributed by atoms with Gasteiger partial charge in [-0.05, 0) is 32.4 Å². The molecule has 0 aliphatic carbocycles. The Labute approximate surface area is 115 Å². The van der Waals surface area contributed by atoms with Crippen LogP contribution in [0.15, 0.2) is 24.3 Å². The van der Waals surface area contributed by atoms with Crippen molar-refractivity contribution in [3.05, 3.63) is 24.3 Å². The van der Waals surface area contributed by atoms with Crippen molar-refractivity contribution in [1.29, 1.82) is 0 Å². The number of piperazine rings is 1. The van der Waals surface area contributed by atoms with E-state index in [0.29, 0.717) is 6.04 Å². The molecule has 1 heterocycles. The number of anilines is 1. The molecule has 106 valence electrons. The molecule has 1 saturated heterocycles. The average Bonchev–Trinajstić information content (AvgIpc) is 2.41. The second-order valence-electron chi connectivity index (χ2n) is 5.76. The fourth-order valence-corrected chi connectivity index (χ4v) is 2.61. The van der Waals surface area contributed by atoms with Gasteiger partial charge in [-0.3, -0.25) is 0 Å². The van der Waals surface area contributed by atoms with Crippen molar-refractivity contribution < 1.29 is 9.84 Å². The van der Waals surface area contributed by atoms with Gasteiger partial charge < -0.3 is 20.1 Å². The molecule has 4 heteroatoms. The van der Waals surface area contributed by atoms with Crippen molar-refractivity contribution in [3.63, 3.8) is 0 Å². The van der Waals surface area contributed by atoms with Gasteiger partial charge in [0.25, 0.3) is 0 Å². The summed E-state index contributed by atoms with van der Waals surface area (Å²) in [6.45, 7) is 6.44. The summed E-state index contributed by atoms with van der Waals surface area (Å²) in [5.41, 5.74) is 1.24. The number of hydrogen-bond donors (Lipinski definition) is 2. The molecule has 1 unspecified atom stereocenters. The molecule has 2 rings (SSSR count). The lowest BCUT2D eigenvalue weighted by Gasteiger charge is -2.46. The lowest BCUT2D eigenvalue weighted by Crippen LogP contribution is -2.62. The largest absolute Gasteiger partial charge is 0.497 e. The number of benzene rings is 1. The van der Waals surface area contributed by atoms with Crippen molar-refractivity contribution in [2.24, 2.45) is 0 Å². The highest BCUT2D eigenvalue weighted by molar-refractivity contribution is 5.52. The summed E-state index contributed by atoms with van der Waals surface area (Å²) in [6.07, 6.45) is 0.778. The molecule has 1 aromatic carbocycles. The molecule has 0 aromatic heterocycles. The van der Waals surface area contributed by atoms with Crippen molar-refractivity contribution in [1.82, 2.24) is 5.32 Å². The van der Waals surface area contributed by atoms with E-state index in [2.05, 4.69) is 36.2 Å². The fraction of sp³-hybridized carbons (Fsp3) is 0.600. The third-order valence-corrected chi connectivity index (χ3v) is 3.67. The zero-order valence-corrected chi connectivity index (χ0v) is 12.0. The van der Waals surface area contributed by atoms with Crippen molar-refractivity contribution in [3.8, 4) is 5.75 Å². The van der Waals surface area contributed by atoms with E-state index in [4.69, 9.17) is 4.74 Å². The third kappa shape index (κ3) is 3.39. The summed E-state index contributed by atoms with van der Waals surface area (Å²) in [4.78, 5) is 2.37. The number of nitrogens with one attached hydrogen (secondary N) is 1. The van der Waals surface area contributed by atoms with Crippen LogP contribution in [0.1, 0.15) is 20.3 Å². The Morgan fingerprint density at radius 1 is 1.47 bits per heavy atom. The molecule has 4 nitrogen and oxygen atoms in total. The minimum atomic E-state index is 0.0784. The Morgan fingerprint density at radius 2 is 2.26 bits per heavy atom. The molecule has 2 N–H and O–H groups in total. The van der Waals surface area contributed by atoms with E-state index in [-0.39, 0.29) is 12.1 Å². The van der Waals surface area contributed by atoms with Crippen LogP contribution in [0.3, 0.4) is 0 Å². The van der Waals surface area contributed by atoms with Gasteiger partial charge in [-0.2, -0.15) is 0 Å². The van der Waals surface area contributed by atoms with Crippen LogP contribution in [0, 0.1) is 0 Å². The Hall–Kier alpha value is -1.26. The molecule has 1 aliphatic rings. The first-order valence-corrected chi connectivity index (χ1v) is 6.82. The first-order chi connectivity index (χ1) is 9.05. The van der Waals surface area contributed by atoms with Crippen LogP contribution < -0.4 is 15.0 Å². The maximum atomic E-state index is 9.23. The maximum Gasteiger partial charge on any atom is 0.120 e. The van der Waals surface area contributed by atoms with Gasteiger partial charge in [-0.25, -0.2) is 0 Å². The molecule has 0 radical (unpaired) electrons. The topological polar surface area (TPSA) is 44.7 Å². The highest BCUT2D eigenvalue weighted by Gasteiger charge is 2.32. The summed E-state index contributed by atoms with van der Waals surface area (Å²) in [5.74, 6) is 0.872. The number of rotatable bonds is 4. The molecular formula is C15H24N2O2. The lowest BCUT2D eigenvalue weighted by atomic mass is 9.96. The summed E-state index contributed by atoms with van der Waals surface area (Å²) in [6, 6.07) is 8.46. The number of hydrogen-bond acceptors (Lipinski definition) is 4. The third-order valence-electron chi connectivity index (χ3n) is 3.67. The Balaban J connectivity index is 2.25. The zero-order chi connectivity index (χ0) is 13.9. The van der Waals surface area contributed by atoms with E-state index in [0.717, 1.165) is 30.9 Å². The van der Waals surface area contributed by atoms with Crippen LogP contribution in [-0.2, 0) is 0 Å².